The Kier molecular flexibility index (Phi) is 3.76. The van der Waals surface area contributed by atoms with Crippen molar-refractivity contribution < 1.29 is 14.3 Å². The van der Waals surface area contributed by atoms with E-state index in [1.54, 1.807) is 0 Å². The van der Waals surface area contributed by atoms with E-state index in [0.29, 0.717) is 0 Å². The summed E-state index contributed by atoms with van der Waals surface area (Å²) in [5.41, 5.74) is 5.35. The minimum Gasteiger partial charge on any atom is -0.457 e. The number of carbonyl (C=O) groups is 1. The molecule has 23 heavy (non-hydrogen) atoms. The van der Waals surface area contributed by atoms with Crippen molar-refractivity contribution in [2.24, 2.45) is 5.92 Å². The van der Waals surface area contributed by atoms with Crippen molar-refractivity contribution in [2.75, 3.05) is 5.73 Å². The Balaban J connectivity index is 2.08. The van der Waals surface area contributed by atoms with E-state index in [0.717, 1.165) is 6.42 Å². The number of nitrogen functional groups attached to an aromatic ring is 1. The first-order valence-corrected chi connectivity index (χ1v) is 7.35. The molecule has 1 aliphatic heterocycles. The fourth-order valence-corrected chi connectivity index (χ4v) is 2.90. The molecule has 0 saturated carbocycles. The average Bonchev–Trinajstić information content (AvgIpc) is 3.01. The van der Waals surface area contributed by atoms with Crippen LogP contribution in [0.15, 0.2) is 4.79 Å². The summed E-state index contributed by atoms with van der Waals surface area (Å²) in [4.78, 5) is 29.7. The third-order valence-electron chi connectivity index (χ3n) is 4.00. The third kappa shape index (κ3) is 2.54. The molecule has 0 radical (unpaired) electrons. The number of nitrogens with two attached hydrogens (primary N) is 1. The van der Waals surface area contributed by atoms with Crippen molar-refractivity contribution in [3.05, 3.63) is 10.4 Å². The van der Waals surface area contributed by atoms with Crippen molar-refractivity contribution in [1.82, 2.24) is 25.0 Å². The minimum absolute atomic E-state index is 0.0347. The van der Waals surface area contributed by atoms with Gasteiger partial charge in [-0.15, -0.1) is 5.10 Å². The molecule has 3 rings (SSSR count). The van der Waals surface area contributed by atoms with Gasteiger partial charge in [-0.25, -0.2) is 0 Å². The van der Waals surface area contributed by atoms with E-state index in [9.17, 15) is 9.59 Å². The predicted octanol–water partition coefficient (Wildman–Crippen LogP) is -0.0280. The zero-order valence-electron chi connectivity index (χ0n) is 13.0. The van der Waals surface area contributed by atoms with Crippen molar-refractivity contribution in [3.63, 3.8) is 0 Å². The van der Waals surface area contributed by atoms with Gasteiger partial charge in [0.25, 0.3) is 5.56 Å². The van der Waals surface area contributed by atoms with Crippen LogP contribution in [-0.2, 0) is 14.3 Å². The highest BCUT2D eigenvalue weighted by Crippen LogP contribution is 2.37. The lowest BCUT2D eigenvalue weighted by molar-refractivity contribution is -0.154. The molecule has 0 spiro atoms. The molecule has 1 saturated heterocycles. The first-order chi connectivity index (χ1) is 10.9. The highest BCUT2D eigenvalue weighted by Gasteiger charge is 2.45. The molecular formula is C13H18N6O4. The fourth-order valence-electron chi connectivity index (χ4n) is 2.90. The summed E-state index contributed by atoms with van der Waals surface area (Å²) in [6.07, 6.45) is -0.622. The summed E-state index contributed by atoms with van der Waals surface area (Å²) < 4.78 is 12.7. The van der Waals surface area contributed by atoms with Gasteiger partial charge in [-0.1, -0.05) is 19.1 Å². The van der Waals surface area contributed by atoms with E-state index in [1.807, 2.05) is 13.8 Å². The molecule has 10 nitrogen and oxygen atoms in total. The topological polar surface area (TPSA) is 138 Å². The quantitative estimate of drug-likeness (QED) is 0.751. The number of aromatic nitrogens is 5. The van der Waals surface area contributed by atoms with Crippen LogP contribution in [0.3, 0.4) is 0 Å². The highest BCUT2D eigenvalue weighted by atomic mass is 16.6. The normalized spacial score (nSPS) is 27.4. The van der Waals surface area contributed by atoms with Crippen molar-refractivity contribution in [3.8, 4) is 0 Å². The van der Waals surface area contributed by atoms with Crippen LogP contribution in [0.2, 0.25) is 0 Å². The summed E-state index contributed by atoms with van der Waals surface area (Å²) in [7, 11) is 0. The Morgan fingerprint density at radius 1 is 1.52 bits per heavy atom. The van der Waals surface area contributed by atoms with Gasteiger partial charge in [0.15, 0.2) is 23.5 Å². The molecule has 0 amide bonds. The number of hydrogen-bond donors (Lipinski definition) is 2. The number of ether oxygens (including phenoxy) is 2. The zero-order valence-corrected chi connectivity index (χ0v) is 13.0. The van der Waals surface area contributed by atoms with Crippen molar-refractivity contribution in [2.45, 2.75) is 45.6 Å². The zero-order chi connectivity index (χ0) is 16.7. The Morgan fingerprint density at radius 2 is 2.26 bits per heavy atom. The number of esters is 1. The Bertz CT molecular complexity index is 799. The van der Waals surface area contributed by atoms with Crippen LogP contribution in [-0.4, -0.2) is 43.1 Å². The summed E-state index contributed by atoms with van der Waals surface area (Å²) in [5, 5.41) is 7.78. The lowest BCUT2D eigenvalue weighted by Gasteiger charge is -2.20. The molecule has 3 heterocycles. The first kappa shape index (κ1) is 15.4. The molecular weight excluding hydrogens is 304 g/mol. The minimum atomic E-state index is -0.711. The standard InChI is InChI=1S/C13H18N6O4/c1-4-7-5(2)9(22-6(3)20)12(23-7)19-10-8(17-18-19)11(21)16-13(14)15-10/h5,7,9,12H,4H2,1-3H3,(H3,14,15,16,21)/t5-,7-,9-,12-/m1/s1. The van der Waals surface area contributed by atoms with E-state index < -0.39 is 23.9 Å². The molecule has 1 aliphatic rings. The van der Waals surface area contributed by atoms with E-state index >= 15 is 0 Å². The van der Waals surface area contributed by atoms with Crippen LogP contribution in [0.1, 0.15) is 33.4 Å². The van der Waals surface area contributed by atoms with Gasteiger partial charge >= 0.3 is 5.97 Å². The second-order valence-corrected chi connectivity index (χ2v) is 5.56. The maximum atomic E-state index is 11.9. The number of nitrogens with zero attached hydrogens (tertiary/aromatic N) is 4. The number of H-pyrrole nitrogens is 1. The smallest absolute Gasteiger partial charge is 0.303 e. The van der Waals surface area contributed by atoms with Gasteiger partial charge in [-0.05, 0) is 6.42 Å². The Labute approximate surface area is 131 Å². The summed E-state index contributed by atoms with van der Waals surface area (Å²) in [5.74, 6) is -0.498. The molecule has 4 atom stereocenters. The van der Waals surface area contributed by atoms with E-state index in [-0.39, 0.29) is 29.1 Å². The summed E-state index contributed by atoms with van der Waals surface area (Å²) >= 11 is 0. The maximum Gasteiger partial charge on any atom is 0.303 e. The summed E-state index contributed by atoms with van der Waals surface area (Å²) in [6, 6.07) is 0. The van der Waals surface area contributed by atoms with Crippen LogP contribution in [0, 0.1) is 5.92 Å². The van der Waals surface area contributed by atoms with Crippen LogP contribution in [0.4, 0.5) is 5.95 Å². The Morgan fingerprint density at radius 3 is 2.91 bits per heavy atom. The molecule has 2 aromatic rings. The molecule has 3 N–H and O–H groups in total. The van der Waals surface area contributed by atoms with Crippen LogP contribution >= 0.6 is 0 Å². The van der Waals surface area contributed by atoms with Gasteiger partial charge in [0.2, 0.25) is 5.95 Å². The van der Waals surface area contributed by atoms with Crippen LogP contribution in [0.5, 0.6) is 0 Å². The average molecular weight is 322 g/mol. The lowest BCUT2D eigenvalue weighted by Crippen LogP contribution is -2.30. The van der Waals surface area contributed by atoms with Crippen molar-refractivity contribution >= 4 is 23.1 Å². The van der Waals surface area contributed by atoms with Gasteiger partial charge in [-0.2, -0.15) is 9.67 Å². The van der Waals surface area contributed by atoms with Crippen molar-refractivity contribution in [1.29, 1.82) is 0 Å². The maximum absolute atomic E-state index is 11.9. The highest BCUT2D eigenvalue weighted by molar-refractivity contribution is 5.69. The fraction of sp³-hybridized carbons (Fsp3) is 0.615. The van der Waals surface area contributed by atoms with E-state index in [4.69, 9.17) is 15.2 Å². The number of carbonyl (C=O) groups excluding carboxylic acids is 1. The molecule has 0 bridgehead atoms. The number of anilines is 1. The van der Waals surface area contributed by atoms with Crippen LogP contribution in [0.25, 0.3) is 11.2 Å². The number of aromatic amines is 1. The SMILES string of the molecule is CC[C@H]1O[C@@H](n2nnc3c(=O)[nH]c(N)nc32)[C@H](OC(C)=O)[C@@H]1C. The van der Waals surface area contributed by atoms with E-state index in [2.05, 4.69) is 20.3 Å². The molecule has 1 fully saturated rings. The van der Waals surface area contributed by atoms with E-state index in [1.165, 1.54) is 11.6 Å². The first-order valence-electron chi connectivity index (χ1n) is 7.35. The molecule has 0 aromatic carbocycles. The molecule has 0 aliphatic carbocycles. The predicted molar refractivity (Wildman–Crippen MR) is 79.3 cm³/mol. The monoisotopic (exact) mass is 322 g/mol. The van der Waals surface area contributed by atoms with Gasteiger partial charge in [0.1, 0.15) is 0 Å². The lowest BCUT2D eigenvalue weighted by atomic mass is 9.98. The number of rotatable bonds is 3. The second kappa shape index (κ2) is 5.61. The van der Waals surface area contributed by atoms with Crippen LogP contribution < -0.4 is 11.3 Å². The van der Waals surface area contributed by atoms with Gasteiger partial charge < -0.3 is 15.2 Å². The Hall–Kier alpha value is -2.49. The van der Waals surface area contributed by atoms with Gasteiger partial charge in [-0.3, -0.25) is 14.6 Å². The number of hydrogen-bond acceptors (Lipinski definition) is 8. The number of fused-ring (bicyclic) bond motifs is 1. The number of nitrogens with one attached hydrogen (secondary N) is 1. The third-order valence-corrected chi connectivity index (χ3v) is 4.00. The van der Waals surface area contributed by atoms with Gasteiger partial charge in [0.05, 0.1) is 6.10 Å². The molecule has 0 unspecified atom stereocenters. The molecule has 2 aromatic heterocycles. The van der Waals surface area contributed by atoms with Gasteiger partial charge in [0, 0.05) is 12.8 Å². The molecule has 10 heteroatoms. The second-order valence-electron chi connectivity index (χ2n) is 5.56. The molecule has 124 valence electrons. The summed E-state index contributed by atoms with van der Waals surface area (Å²) in [6.45, 7) is 5.26. The largest absolute Gasteiger partial charge is 0.457 e.